The highest BCUT2D eigenvalue weighted by Gasteiger charge is 2.26. The Morgan fingerprint density at radius 2 is 2.16 bits per heavy atom. The zero-order valence-electron chi connectivity index (χ0n) is 13.9. The lowest BCUT2D eigenvalue weighted by Gasteiger charge is -2.14. The van der Waals surface area contributed by atoms with Crippen LogP contribution in [0.4, 0.5) is 0 Å². The Morgan fingerprint density at radius 1 is 1.40 bits per heavy atom. The topological polar surface area (TPSA) is 64.2 Å². The molecule has 3 heterocycles. The average molecular weight is 375 g/mol. The number of halogens is 1. The second kappa shape index (κ2) is 6.44. The number of likely N-dealkylation sites (tertiary alicyclic amines) is 1. The van der Waals surface area contributed by atoms with Gasteiger partial charge in [0.15, 0.2) is 0 Å². The van der Waals surface area contributed by atoms with Crippen LogP contribution in [0, 0.1) is 6.92 Å². The van der Waals surface area contributed by atoms with Gasteiger partial charge in [0.05, 0.1) is 17.1 Å². The van der Waals surface area contributed by atoms with Crippen molar-refractivity contribution in [2.24, 2.45) is 5.73 Å². The van der Waals surface area contributed by atoms with E-state index in [0.29, 0.717) is 13.1 Å². The summed E-state index contributed by atoms with van der Waals surface area (Å²) in [6.45, 7) is 4.02. The summed E-state index contributed by atoms with van der Waals surface area (Å²) in [5.41, 5.74) is 7.99. The molecule has 0 radical (unpaired) electrons. The van der Waals surface area contributed by atoms with E-state index in [-0.39, 0.29) is 11.9 Å². The van der Waals surface area contributed by atoms with Crippen LogP contribution >= 0.6 is 22.9 Å². The normalized spacial score (nSPS) is 17.6. The van der Waals surface area contributed by atoms with Gasteiger partial charge in [-0.1, -0.05) is 23.7 Å². The summed E-state index contributed by atoms with van der Waals surface area (Å²) in [6, 6.07) is 9.81. The maximum atomic E-state index is 12.7. The third-order valence-corrected chi connectivity index (χ3v) is 5.96. The monoisotopic (exact) mass is 374 g/mol. The molecule has 1 aliphatic heterocycles. The number of carbonyl (C=O) groups excluding carboxylic acids is 1. The molecule has 3 aromatic rings. The smallest absolute Gasteiger partial charge is 0.264 e. The van der Waals surface area contributed by atoms with E-state index in [1.165, 1.54) is 11.3 Å². The van der Waals surface area contributed by atoms with Crippen molar-refractivity contribution in [2.45, 2.75) is 25.9 Å². The second-order valence-electron chi connectivity index (χ2n) is 6.50. The molecule has 0 bridgehead atoms. The van der Waals surface area contributed by atoms with Crippen LogP contribution in [0.5, 0.6) is 0 Å². The molecule has 130 valence electrons. The van der Waals surface area contributed by atoms with Crippen LogP contribution in [0.15, 0.2) is 30.3 Å². The lowest BCUT2D eigenvalue weighted by Crippen LogP contribution is -2.31. The minimum atomic E-state index is 0.0755. The second-order valence-corrected chi connectivity index (χ2v) is 7.97. The Labute approximate surface area is 155 Å². The Hall–Kier alpha value is -1.89. The van der Waals surface area contributed by atoms with Crippen LogP contribution in [0.3, 0.4) is 0 Å². The van der Waals surface area contributed by atoms with Gasteiger partial charge in [-0.2, -0.15) is 5.10 Å². The molecule has 1 atom stereocenters. The molecule has 0 spiro atoms. The molecule has 1 saturated heterocycles. The summed E-state index contributed by atoms with van der Waals surface area (Å²) in [5.74, 6) is 0.0755. The number of nitrogens with two attached hydrogens (primary N) is 1. The number of carbonyl (C=O) groups is 1. The van der Waals surface area contributed by atoms with Crippen LogP contribution in [0.2, 0.25) is 5.02 Å². The van der Waals surface area contributed by atoms with Gasteiger partial charge in [0, 0.05) is 29.5 Å². The van der Waals surface area contributed by atoms with Gasteiger partial charge in [-0.3, -0.25) is 9.48 Å². The van der Waals surface area contributed by atoms with E-state index in [2.05, 4.69) is 5.10 Å². The van der Waals surface area contributed by atoms with Gasteiger partial charge in [-0.05, 0) is 37.1 Å². The van der Waals surface area contributed by atoms with E-state index in [4.69, 9.17) is 17.3 Å². The first-order valence-corrected chi connectivity index (χ1v) is 9.47. The molecule has 0 unspecified atom stereocenters. The number of aryl methyl sites for hydroxylation is 1. The van der Waals surface area contributed by atoms with E-state index >= 15 is 0 Å². The molecule has 0 aliphatic carbocycles. The van der Waals surface area contributed by atoms with Crippen LogP contribution in [0.1, 0.15) is 27.3 Å². The summed E-state index contributed by atoms with van der Waals surface area (Å²) in [7, 11) is 0. The molecule has 4 rings (SSSR count). The number of fused-ring (bicyclic) bond motifs is 1. The van der Waals surface area contributed by atoms with Crippen molar-refractivity contribution in [3.05, 3.63) is 51.5 Å². The van der Waals surface area contributed by atoms with E-state index in [1.807, 2.05) is 46.8 Å². The number of amides is 1. The van der Waals surface area contributed by atoms with Gasteiger partial charge in [0.2, 0.25) is 0 Å². The molecular weight excluding hydrogens is 356 g/mol. The summed E-state index contributed by atoms with van der Waals surface area (Å²) < 4.78 is 1.96. The lowest BCUT2D eigenvalue weighted by atomic mass is 10.2. The summed E-state index contributed by atoms with van der Waals surface area (Å²) in [4.78, 5) is 16.3. The Balaban J connectivity index is 1.64. The first-order chi connectivity index (χ1) is 12.0. The highest BCUT2D eigenvalue weighted by molar-refractivity contribution is 7.20. The van der Waals surface area contributed by atoms with E-state index in [0.717, 1.165) is 44.3 Å². The molecule has 5 nitrogen and oxygen atoms in total. The predicted octanol–water partition coefficient (Wildman–Crippen LogP) is 3.28. The van der Waals surface area contributed by atoms with Gasteiger partial charge in [0.25, 0.3) is 5.91 Å². The van der Waals surface area contributed by atoms with Gasteiger partial charge >= 0.3 is 0 Å². The van der Waals surface area contributed by atoms with Crippen molar-refractivity contribution >= 4 is 39.1 Å². The highest BCUT2D eigenvalue weighted by Crippen LogP contribution is 2.30. The van der Waals surface area contributed by atoms with Gasteiger partial charge < -0.3 is 10.6 Å². The van der Waals surface area contributed by atoms with Crippen molar-refractivity contribution in [3.63, 3.8) is 0 Å². The summed E-state index contributed by atoms with van der Waals surface area (Å²) >= 11 is 7.46. The molecule has 1 aliphatic rings. The third kappa shape index (κ3) is 3.17. The average Bonchev–Trinajstić information content (AvgIpc) is 3.27. The SMILES string of the molecule is Cc1nn(Cc2ccc(Cl)cc2)c2sc(C(=O)N3CC[C@@H](N)C3)cc12. The van der Waals surface area contributed by atoms with Gasteiger partial charge in [0.1, 0.15) is 4.83 Å². The van der Waals surface area contributed by atoms with Crippen molar-refractivity contribution in [1.29, 1.82) is 0 Å². The van der Waals surface area contributed by atoms with Crippen LogP contribution in [-0.2, 0) is 6.54 Å². The Morgan fingerprint density at radius 3 is 2.84 bits per heavy atom. The fourth-order valence-corrected chi connectivity index (χ4v) is 4.47. The van der Waals surface area contributed by atoms with Crippen LogP contribution in [-0.4, -0.2) is 39.7 Å². The number of nitrogens with zero attached hydrogens (tertiary/aromatic N) is 3. The summed E-state index contributed by atoms with van der Waals surface area (Å²) in [6.07, 6.45) is 0.875. The summed E-state index contributed by atoms with van der Waals surface area (Å²) in [5, 5.41) is 6.39. The molecule has 2 aromatic heterocycles. The standard InChI is InChI=1S/C18H19ClN4OS/c1-11-15-8-16(17(24)22-7-6-14(20)10-22)25-18(15)23(21-11)9-12-2-4-13(19)5-3-12/h2-5,8,14H,6-7,9-10,20H2,1H3/t14-/m1/s1. The van der Waals surface area contributed by atoms with Gasteiger partial charge in [-0.15, -0.1) is 11.3 Å². The number of benzene rings is 1. The molecule has 7 heteroatoms. The minimum absolute atomic E-state index is 0.0755. The van der Waals surface area contributed by atoms with Crippen molar-refractivity contribution < 1.29 is 4.79 Å². The zero-order chi connectivity index (χ0) is 17.6. The van der Waals surface area contributed by atoms with Crippen molar-refractivity contribution in [3.8, 4) is 0 Å². The highest BCUT2D eigenvalue weighted by atomic mass is 35.5. The molecule has 1 aromatic carbocycles. The number of thiophene rings is 1. The lowest BCUT2D eigenvalue weighted by molar-refractivity contribution is 0.0795. The van der Waals surface area contributed by atoms with Crippen molar-refractivity contribution in [1.82, 2.24) is 14.7 Å². The molecule has 2 N–H and O–H groups in total. The van der Waals surface area contributed by atoms with E-state index in [9.17, 15) is 4.79 Å². The maximum Gasteiger partial charge on any atom is 0.264 e. The maximum absolute atomic E-state index is 12.7. The first-order valence-electron chi connectivity index (χ1n) is 8.27. The molecular formula is C18H19ClN4OS. The van der Waals surface area contributed by atoms with Gasteiger partial charge in [-0.25, -0.2) is 0 Å². The number of aromatic nitrogens is 2. The third-order valence-electron chi connectivity index (χ3n) is 4.58. The quantitative estimate of drug-likeness (QED) is 0.765. The number of hydrogen-bond acceptors (Lipinski definition) is 4. The van der Waals surface area contributed by atoms with Crippen molar-refractivity contribution in [2.75, 3.05) is 13.1 Å². The zero-order valence-corrected chi connectivity index (χ0v) is 15.5. The largest absolute Gasteiger partial charge is 0.336 e. The predicted molar refractivity (Wildman–Crippen MR) is 101 cm³/mol. The number of rotatable bonds is 3. The fourth-order valence-electron chi connectivity index (χ4n) is 3.22. The number of hydrogen-bond donors (Lipinski definition) is 1. The Kier molecular flexibility index (Phi) is 4.27. The molecule has 1 fully saturated rings. The fraction of sp³-hybridized carbons (Fsp3) is 0.333. The molecule has 25 heavy (non-hydrogen) atoms. The first kappa shape index (κ1) is 16.6. The van der Waals surface area contributed by atoms with Crippen LogP contribution < -0.4 is 5.73 Å². The molecule has 1 amide bonds. The van der Waals surface area contributed by atoms with E-state index < -0.39 is 0 Å². The minimum Gasteiger partial charge on any atom is -0.336 e. The van der Waals surface area contributed by atoms with Crippen LogP contribution in [0.25, 0.3) is 10.2 Å². The Bertz CT molecular complexity index is 931. The van der Waals surface area contributed by atoms with E-state index in [1.54, 1.807) is 0 Å². The molecule has 0 saturated carbocycles.